The Kier molecular flexibility index (Phi) is 4.15. The summed E-state index contributed by atoms with van der Waals surface area (Å²) in [6.45, 7) is 7.71. The van der Waals surface area contributed by atoms with E-state index in [-0.39, 0.29) is 12.2 Å². The van der Waals surface area contributed by atoms with Gasteiger partial charge in [0.25, 0.3) is 0 Å². The molecule has 3 heteroatoms. The quantitative estimate of drug-likeness (QED) is 0.668. The molecule has 0 amide bonds. The predicted octanol–water partition coefficient (Wildman–Crippen LogP) is 1.24. The van der Waals surface area contributed by atoms with Crippen LogP contribution in [0.4, 0.5) is 0 Å². The van der Waals surface area contributed by atoms with Gasteiger partial charge in [-0.15, -0.1) is 13.2 Å². The van der Waals surface area contributed by atoms with E-state index in [1.807, 2.05) is 0 Å². The molecule has 0 aliphatic carbocycles. The van der Waals surface area contributed by atoms with E-state index in [4.69, 9.17) is 9.47 Å². The van der Waals surface area contributed by atoms with Crippen molar-refractivity contribution in [2.24, 2.45) is 0 Å². The van der Waals surface area contributed by atoms with Crippen LogP contribution in [0.25, 0.3) is 0 Å². The van der Waals surface area contributed by atoms with Gasteiger partial charge in [0.2, 0.25) is 0 Å². The van der Waals surface area contributed by atoms with Crippen LogP contribution in [0.3, 0.4) is 0 Å². The smallest absolute Gasteiger partial charge is 0.155 e. The lowest BCUT2D eigenvalue weighted by Crippen LogP contribution is -2.39. The maximum atomic E-state index is 9.21. The first-order valence-corrected chi connectivity index (χ1v) is 4.46. The van der Waals surface area contributed by atoms with Crippen LogP contribution in [0.2, 0.25) is 0 Å². The number of rotatable bonds is 4. The van der Waals surface area contributed by atoms with Gasteiger partial charge in [-0.05, 0) is 6.42 Å². The molecule has 0 aromatic rings. The Balaban J connectivity index is 2.42. The molecule has 0 bridgehead atoms. The van der Waals surface area contributed by atoms with Crippen LogP contribution in [0.1, 0.15) is 12.8 Å². The molecule has 1 aliphatic rings. The monoisotopic (exact) mass is 184 g/mol. The Morgan fingerprint density at radius 1 is 1.46 bits per heavy atom. The molecule has 1 rings (SSSR count). The summed E-state index contributed by atoms with van der Waals surface area (Å²) in [6.07, 6.45) is 3.90. The normalized spacial score (nSPS) is 34.1. The van der Waals surface area contributed by atoms with Crippen molar-refractivity contribution < 1.29 is 14.6 Å². The molecule has 1 saturated heterocycles. The zero-order valence-electron chi connectivity index (χ0n) is 7.69. The SMILES string of the molecule is C=CCO[C@H]1CCC(O)O[C@H]1C=C. The second kappa shape index (κ2) is 5.17. The van der Waals surface area contributed by atoms with E-state index < -0.39 is 6.29 Å². The molecule has 0 radical (unpaired) electrons. The summed E-state index contributed by atoms with van der Waals surface area (Å²) >= 11 is 0. The molecule has 3 nitrogen and oxygen atoms in total. The Bertz CT molecular complexity index is 179. The Labute approximate surface area is 78.7 Å². The van der Waals surface area contributed by atoms with Crippen molar-refractivity contribution in [3.05, 3.63) is 25.3 Å². The summed E-state index contributed by atoms with van der Waals surface area (Å²) in [5.74, 6) is 0. The summed E-state index contributed by atoms with van der Waals surface area (Å²) in [7, 11) is 0. The van der Waals surface area contributed by atoms with Crippen LogP contribution in [0, 0.1) is 0 Å². The number of aliphatic hydroxyl groups excluding tert-OH is 1. The molecular formula is C10H16O3. The zero-order chi connectivity index (χ0) is 9.68. The van der Waals surface area contributed by atoms with Gasteiger partial charge in [-0.3, -0.25) is 0 Å². The Morgan fingerprint density at radius 2 is 2.23 bits per heavy atom. The number of hydrogen-bond donors (Lipinski definition) is 1. The summed E-state index contributed by atoms with van der Waals surface area (Å²) in [5, 5.41) is 9.21. The zero-order valence-corrected chi connectivity index (χ0v) is 7.69. The molecule has 0 aromatic carbocycles. The summed E-state index contributed by atoms with van der Waals surface area (Å²) in [5.41, 5.74) is 0. The number of hydrogen-bond acceptors (Lipinski definition) is 3. The van der Waals surface area contributed by atoms with Crippen LogP contribution in [0.15, 0.2) is 25.3 Å². The molecule has 0 spiro atoms. The number of aliphatic hydroxyl groups is 1. The fourth-order valence-corrected chi connectivity index (χ4v) is 1.39. The highest BCUT2D eigenvalue weighted by atomic mass is 16.6. The summed E-state index contributed by atoms with van der Waals surface area (Å²) in [6, 6.07) is 0. The molecule has 1 fully saturated rings. The van der Waals surface area contributed by atoms with Gasteiger partial charge in [0, 0.05) is 6.42 Å². The topological polar surface area (TPSA) is 38.7 Å². The van der Waals surface area contributed by atoms with Crippen molar-refractivity contribution in [3.63, 3.8) is 0 Å². The molecule has 1 aliphatic heterocycles. The van der Waals surface area contributed by atoms with Crippen molar-refractivity contribution in [1.82, 2.24) is 0 Å². The van der Waals surface area contributed by atoms with Gasteiger partial charge in [0.05, 0.1) is 12.7 Å². The Morgan fingerprint density at radius 3 is 2.85 bits per heavy atom. The van der Waals surface area contributed by atoms with E-state index in [1.165, 1.54) is 0 Å². The minimum Gasteiger partial charge on any atom is -0.371 e. The van der Waals surface area contributed by atoms with Crippen LogP contribution in [0.5, 0.6) is 0 Å². The molecule has 0 aromatic heterocycles. The minimum atomic E-state index is -0.674. The second-order valence-corrected chi connectivity index (χ2v) is 3.03. The third kappa shape index (κ3) is 2.95. The number of ether oxygens (including phenoxy) is 2. The standard InChI is InChI=1S/C10H16O3/c1-3-7-12-9-5-6-10(11)13-8(9)4-2/h3-4,8-11H,1-2,5-7H2/t8-,9-,10?/m0/s1. The van der Waals surface area contributed by atoms with Crippen molar-refractivity contribution in [3.8, 4) is 0 Å². The third-order valence-electron chi connectivity index (χ3n) is 2.04. The fourth-order valence-electron chi connectivity index (χ4n) is 1.39. The summed E-state index contributed by atoms with van der Waals surface area (Å²) in [4.78, 5) is 0. The molecule has 1 heterocycles. The van der Waals surface area contributed by atoms with Crippen molar-refractivity contribution in [1.29, 1.82) is 0 Å². The fraction of sp³-hybridized carbons (Fsp3) is 0.600. The third-order valence-corrected chi connectivity index (χ3v) is 2.04. The highest BCUT2D eigenvalue weighted by Crippen LogP contribution is 2.21. The Hall–Kier alpha value is -0.640. The van der Waals surface area contributed by atoms with Gasteiger partial charge in [0.15, 0.2) is 6.29 Å². The summed E-state index contributed by atoms with van der Waals surface area (Å²) < 4.78 is 10.7. The first kappa shape index (κ1) is 10.4. The molecule has 1 unspecified atom stereocenters. The van der Waals surface area contributed by atoms with E-state index in [1.54, 1.807) is 12.2 Å². The largest absolute Gasteiger partial charge is 0.371 e. The van der Waals surface area contributed by atoms with Crippen LogP contribution < -0.4 is 0 Å². The molecule has 13 heavy (non-hydrogen) atoms. The molecule has 1 N–H and O–H groups in total. The molecule has 0 saturated carbocycles. The average Bonchev–Trinajstić information content (AvgIpc) is 2.16. The first-order valence-electron chi connectivity index (χ1n) is 4.46. The molecule has 3 atom stereocenters. The van der Waals surface area contributed by atoms with E-state index in [0.29, 0.717) is 13.0 Å². The minimum absolute atomic E-state index is 0.00102. The lowest BCUT2D eigenvalue weighted by Gasteiger charge is -2.32. The van der Waals surface area contributed by atoms with Crippen molar-refractivity contribution in [2.75, 3.05) is 6.61 Å². The lowest BCUT2D eigenvalue weighted by atomic mass is 10.0. The van der Waals surface area contributed by atoms with Gasteiger partial charge < -0.3 is 14.6 Å². The van der Waals surface area contributed by atoms with Gasteiger partial charge in [-0.2, -0.15) is 0 Å². The van der Waals surface area contributed by atoms with E-state index in [2.05, 4.69) is 13.2 Å². The van der Waals surface area contributed by atoms with Crippen molar-refractivity contribution in [2.45, 2.75) is 31.3 Å². The van der Waals surface area contributed by atoms with Crippen LogP contribution >= 0.6 is 0 Å². The van der Waals surface area contributed by atoms with E-state index >= 15 is 0 Å². The highest BCUT2D eigenvalue weighted by molar-refractivity contribution is 4.90. The first-order chi connectivity index (χ1) is 6.27. The van der Waals surface area contributed by atoms with Crippen LogP contribution in [-0.4, -0.2) is 30.2 Å². The van der Waals surface area contributed by atoms with Gasteiger partial charge in [0.1, 0.15) is 6.10 Å². The van der Waals surface area contributed by atoms with Gasteiger partial charge in [-0.25, -0.2) is 0 Å². The molecule has 74 valence electrons. The van der Waals surface area contributed by atoms with Gasteiger partial charge in [-0.1, -0.05) is 12.2 Å². The lowest BCUT2D eigenvalue weighted by molar-refractivity contribution is -0.191. The van der Waals surface area contributed by atoms with Crippen LogP contribution in [-0.2, 0) is 9.47 Å². The average molecular weight is 184 g/mol. The predicted molar refractivity (Wildman–Crippen MR) is 50.2 cm³/mol. The van der Waals surface area contributed by atoms with Crippen molar-refractivity contribution >= 4 is 0 Å². The van der Waals surface area contributed by atoms with Gasteiger partial charge >= 0.3 is 0 Å². The molecular weight excluding hydrogens is 168 g/mol. The maximum absolute atomic E-state index is 9.21. The second-order valence-electron chi connectivity index (χ2n) is 3.03. The highest BCUT2D eigenvalue weighted by Gasteiger charge is 2.28. The maximum Gasteiger partial charge on any atom is 0.155 e. The van der Waals surface area contributed by atoms with E-state index in [9.17, 15) is 5.11 Å². The van der Waals surface area contributed by atoms with E-state index in [0.717, 1.165) is 6.42 Å².